The minimum Gasteiger partial charge on any atom is -0.459 e. The normalized spacial score (nSPS) is 25.7. The lowest BCUT2D eigenvalue weighted by Crippen LogP contribution is -2.70. The molecule has 1 saturated carbocycles. The zero-order valence-corrected chi connectivity index (χ0v) is 35.1. The number of oxime groups is 1. The Bertz CT molecular complexity index is 2090. The van der Waals surface area contributed by atoms with Gasteiger partial charge in [-0.15, -0.1) is 6.58 Å². The zero-order valence-electron chi connectivity index (χ0n) is 35.1. The molecule has 332 valence electrons. The second kappa shape index (κ2) is 20.7. The first kappa shape index (κ1) is 44.7. The first-order valence-electron chi connectivity index (χ1n) is 21.6. The van der Waals surface area contributed by atoms with Gasteiger partial charge in [0.25, 0.3) is 5.69 Å². The van der Waals surface area contributed by atoms with E-state index in [-0.39, 0.29) is 62.0 Å². The minimum atomic E-state index is -1.57. The lowest BCUT2D eigenvalue weighted by molar-refractivity contribution is -0.384. The van der Waals surface area contributed by atoms with Crippen molar-refractivity contribution in [3.63, 3.8) is 0 Å². The number of nitro benzene ring substituents is 1. The maximum atomic E-state index is 14.2. The van der Waals surface area contributed by atoms with Crippen molar-refractivity contribution < 1.29 is 52.8 Å². The van der Waals surface area contributed by atoms with E-state index < -0.39 is 40.9 Å². The summed E-state index contributed by atoms with van der Waals surface area (Å²) in [6.45, 7) is 4.68. The third-order valence-electron chi connectivity index (χ3n) is 12.4. The lowest BCUT2D eigenvalue weighted by Gasteiger charge is -2.59. The Morgan fingerprint density at radius 2 is 1.82 bits per heavy atom. The molecule has 4 aliphatic rings. The summed E-state index contributed by atoms with van der Waals surface area (Å²) in [6.07, 6.45) is 9.43. The maximum absolute atomic E-state index is 14.2. The van der Waals surface area contributed by atoms with Gasteiger partial charge >= 0.3 is 6.09 Å². The molecule has 2 fully saturated rings. The molecule has 15 heteroatoms. The van der Waals surface area contributed by atoms with E-state index >= 15 is 0 Å². The van der Waals surface area contributed by atoms with Crippen molar-refractivity contribution in [2.75, 3.05) is 33.5 Å². The molecule has 2 heterocycles. The number of nitrogens with zero attached hydrogens (tertiary/aromatic N) is 3. The van der Waals surface area contributed by atoms with Gasteiger partial charge in [-0.05, 0) is 97.9 Å². The van der Waals surface area contributed by atoms with Crippen molar-refractivity contribution in [2.45, 2.75) is 94.8 Å². The molecule has 7 rings (SSSR count). The van der Waals surface area contributed by atoms with Gasteiger partial charge < -0.3 is 38.7 Å². The molecule has 2 N–H and O–H groups in total. The highest BCUT2D eigenvalue weighted by Crippen LogP contribution is 2.62. The largest absolute Gasteiger partial charge is 0.459 e. The van der Waals surface area contributed by atoms with E-state index in [4.69, 9.17) is 33.7 Å². The van der Waals surface area contributed by atoms with Gasteiger partial charge in [0.15, 0.2) is 0 Å². The minimum absolute atomic E-state index is 0.0169. The number of fused-ring (bicyclic) bond motifs is 2. The van der Waals surface area contributed by atoms with Gasteiger partial charge in [0.2, 0.25) is 12.1 Å². The third-order valence-corrected chi connectivity index (χ3v) is 12.4. The van der Waals surface area contributed by atoms with Crippen LogP contribution >= 0.6 is 0 Å². The van der Waals surface area contributed by atoms with Gasteiger partial charge in [0.05, 0.1) is 42.9 Å². The molecule has 1 unspecified atom stereocenters. The number of aliphatic hydroxyl groups is 2. The molecular weight excluding hydrogens is 802 g/mol. The van der Waals surface area contributed by atoms with Crippen LogP contribution in [0.3, 0.4) is 0 Å². The number of methoxy groups -OCH3 is 1. The Hall–Kier alpha value is -5.35. The van der Waals surface area contributed by atoms with E-state index in [1.54, 1.807) is 47.4 Å². The molecule has 3 aromatic rings. The second-order valence-corrected chi connectivity index (χ2v) is 16.3. The Labute approximate surface area is 361 Å². The molecule has 1 saturated heterocycles. The number of allylic oxidation sites excluding steroid dienone is 1. The summed E-state index contributed by atoms with van der Waals surface area (Å²) < 4.78 is 46.2. The molecule has 0 spiro atoms. The van der Waals surface area contributed by atoms with Crippen LogP contribution in [0.4, 0.5) is 14.9 Å². The van der Waals surface area contributed by atoms with Crippen LogP contribution in [0.5, 0.6) is 17.2 Å². The van der Waals surface area contributed by atoms with Crippen LogP contribution in [0.2, 0.25) is 0 Å². The van der Waals surface area contributed by atoms with Crippen LogP contribution in [0.1, 0.15) is 81.3 Å². The Morgan fingerprint density at radius 1 is 1.05 bits per heavy atom. The van der Waals surface area contributed by atoms with E-state index in [1.165, 1.54) is 31.4 Å². The third kappa shape index (κ3) is 9.81. The maximum Gasteiger partial charge on any atom is 0.410 e. The first-order chi connectivity index (χ1) is 30.2. The summed E-state index contributed by atoms with van der Waals surface area (Å²) in [6, 6.07) is 16.5. The van der Waals surface area contributed by atoms with E-state index in [2.05, 4.69) is 12.7 Å². The Kier molecular flexibility index (Phi) is 14.9. The van der Waals surface area contributed by atoms with Crippen molar-refractivity contribution in [1.29, 1.82) is 0 Å². The number of non-ortho nitro benzene ring substituents is 1. The molecule has 1 amide bonds. The number of benzene rings is 3. The number of nitro groups is 1. The summed E-state index contributed by atoms with van der Waals surface area (Å²) in [7, 11) is 1.31. The zero-order chi connectivity index (χ0) is 43.6. The van der Waals surface area contributed by atoms with Crippen LogP contribution in [0.15, 0.2) is 96.2 Å². The van der Waals surface area contributed by atoms with Crippen molar-refractivity contribution >= 4 is 17.5 Å². The molecule has 0 radical (unpaired) electrons. The lowest BCUT2D eigenvalue weighted by atomic mass is 9.55. The van der Waals surface area contributed by atoms with Crippen molar-refractivity contribution in [2.24, 2.45) is 22.9 Å². The smallest absolute Gasteiger partial charge is 0.410 e. The Morgan fingerprint density at radius 3 is 2.53 bits per heavy atom. The Balaban J connectivity index is 1.45. The summed E-state index contributed by atoms with van der Waals surface area (Å²) in [4.78, 5) is 33.1. The van der Waals surface area contributed by atoms with Crippen LogP contribution in [-0.4, -0.2) is 83.5 Å². The van der Waals surface area contributed by atoms with Gasteiger partial charge in [0.1, 0.15) is 29.1 Å². The molecule has 2 aliphatic heterocycles. The number of unbranched alkanes of at least 4 members (excludes halogenated alkanes) is 2. The predicted octanol–water partition coefficient (Wildman–Crippen LogP) is 8.96. The first-order valence-corrected chi connectivity index (χ1v) is 21.6. The van der Waals surface area contributed by atoms with Gasteiger partial charge in [-0.2, -0.15) is 0 Å². The fourth-order valence-electron chi connectivity index (χ4n) is 9.63. The van der Waals surface area contributed by atoms with Crippen LogP contribution in [0.25, 0.3) is 0 Å². The molecule has 0 bridgehead atoms. The highest BCUT2D eigenvalue weighted by atomic mass is 19.1. The van der Waals surface area contributed by atoms with Gasteiger partial charge in [-0.1, -0.05) is 48.3 Å². The van der Waals surface area contributed by atoms with Crippen molar-refractivity contribution in [3.05, 3.63) is 118 Å². The summed E-state index contributed by atoms with van der Waals surface area (Å²) in [5, 5.41) is 36.4. The van der Waals surface area contributed by atoms with Crippen molar-refractivity contribution in [3.8, 4) is 17.2 Å². The molecule has 2 aliphatic carbocycles. The monoisotopic (exact) mass is 857 g/mol. The van der Waals surface area contributed by atoms with Crippen LogP contribution in [-0.2, 0) is 25.6 Å². The molecule has 62 heavy (non-hydrogen) atoms. The number of rotatable bonds is 19. The fourth-order valence-corrected chi connectivity index (χ4v) is 9.63. The summed E-state index contributed by atoms with van der Waals surface area (Å²) >= 11 is 0. The van der Waals surface area contributed by atoms with Gasteiger partial charge in [-0.25, -0.2) is 9.18 Å². The van der Waals surface area contributed by atoms with Crippen molar-refractivity contribution in [1.82, 2.24) is 4.90 Å². The number of hydrogen-bond donors (Lipinski definition) is 2. The van der Waals surface area contributed by atoms with E-state index in [0.29, 0.717) is 55.1 Å². The predicted molar refractivity (Wildman–Crippen MR) is 227 cm³/mol. The molecule has 0 aromatic heterocycles. The highest BCUT2D eigenvalue weighted by Gasteiger charge is 2.65. The molecular formula is C47H56FN3O11. The number of carbonyl (C=O) groups excluding carboxylic acids is 1. The fraction of sp³-hybridized carbons (Fsp3) is 0.489. The number of aliphatic hydroxyl groups excluding tert-OH is 2. The second-order valence-electron chi connectivity index (χ2n) is 16.3. The summed E-state index contributed by atoms with van der Waals surface area (Å²) in [5.41, 5.74) is 2.76. The molecule has 14 nitrogen and oxygen atoms in total. The number of carbonyl (C=O) groups is 1. The van der Waals surface area contributed by atoms with Gasteiger partial charge in [-0.3, -0.25) is 15.0 Å². The SMILES string of the molecule is C=CCO[C@@]12Oc3ccc(Oc4cccc([N+](=O)[O-])c4)cc3[C@H]3[C@H](CCCCO)[C@@H](CCCCO)C=C(C(=NOC4CCCCO4)C[C@@H]1N(Cc1ccc(F)cc1)C(=O)OC)[C@H]32. The molecule has 3 aromatic carbocycles. The van der Waals surface area contributed by atoms with Gasteiger partial charge in [0, 0.05) is 50.1 Å². The quantitative estimate of drug-likeness (QED) is 0.0510. The highest BCUT2D eigenvalue weighted by molar-refractivity contribution is 6.03. The summed E-state index contributed by atoms with van der Waals surface area (Å²) in [5.74, 6) is -1.85. The average Bonchev–Trinajstić information content (AvgIpc) is 3.29. The topological polar surface area (TPSA) is 172 Å². The number of halogens is 1. The van der Waals surface area contributed by atoms with Crippen LogP contribution < -0.4 is 9.47 Å². The van der Waals surface area contributed by atoms with E-state index in [1.807, 2.05) is 6.07 Å². The number of hydrogen-bond acceptors (Lipinski definition) is 12. The average molecular weight is 858 g/mol. The van der Waals surface area contributed by atoms with E-state index in [9.17, 15) is 29.5 Å². The molecule has 7 atom stereocenters. The van der Waals surface area contributed by atoms with E-state index in [0.717, 1.165) is 43.2 Å². The standard InChI is InChI=1S/C47H56FN3O11/c1-3-24-59-47-42(50(46(54)57-2)30-31-16-18-33(48)19-17-31)29-40(49-62-43-15-6-9-25-58-43)38-26-32(11-4-7-22-52)37(14-5-8-23-53)44(45(38)47)39-28-36(20-21-41(39)61-47)60-35-13-10-12-34(27-35)51(55)56/h3,10,12-13,16-21,26-28,32,37,42-45,52-53H,1,4-9,11,14-15,22-25,29-30H2,2H3/t32-,37+,42-,43?,44+,45+,47+/m0/s1. The number of amides is 1. The number of ether oxygens (including phenoxy) is 5. The van der Waals surface area contributed by atoms with Crippen LogP contribution in [0, 0.1) is 33.7 Å².